The van der Waals surface area contributed by atoms with Crippen LogP contribution in [0.1, 0.15) is 0 Å². The third kappa shape index (κ3) is 2.59. The van der Waals surface area contributed by atoms with Gasteiger partial charge >= 0.3 is 6.01 Å². The van der Waals surface area contributed by atoms with Crippen LogP contribution in [-0.2, 0) is 7.05 Å². The van der Waals surface area contributed by atoms with E-state index in [1.165, 1.54) is 0 Å². The molecular formula is C15H12N6OS. The summed E-state index contributed by atoms with van der Waals surface area (Å²) in [7, 11) is 1.89. The van der Waals surface area contributed by atoms with Gasteiger partial charge in [-0.3, -0.25) is 4.68 Å². The Morgan fingerprint density at radius 2 is 2.04 bits per heavy atom. The van der Waals surface area contributed by atoms with Crippen LogP contribution in [0.15, 0.2) is 46.5 Å². The second-order valence-electron chi connectivity index (χ2n) is 4.97. The fourth-order valence-corrected chi connectivity index (χ4v) is 3.06. The van der Waals surface area contributed by atoms with Crippen molar-refractivity contribution in [1.82, 2.24) is 25.0 Å². The number of aryl methyl sites for hydroxylation is 1. The first-order chi connectivity index (χ1) is 11.2. The van der Waals surface area contributed by atoms with Gasteiger partial charge in [-0.15, -0.1) is 16.4 Å². The lowest BCUT2D eigenvalue weighted by atomic mass is 10.1. The maximum atomic E-state index is 5.48. The Labute approximate surface area is 135 Å². The molecule has 0 fully saturated rings. The van der Waals surface area contributed by atoms with Crippen LogP contribution in [0.25, 0.3) is 33.3 Å². The monoisotopic (exact) mass is 324 g/mol. The number of nitrogen functional groups attached to an aromatic ring is 1. The van der Waals surface area contributed by atoms with Crippen LogP contribution in [0.2, 0.25) is 0 Å². The minimum absolute atomic E-state index is 0.0542. The molecule has 23 heavy (non-hydrogen) atoms. The number of benzene rings is 1. The third-order valence-corrected chi connectivity index (χ3v) is 4.19. The summed E-state index contributed by atoms with van der Waals surface area (Å²) in [6.07, 6.45) is 3.74. The molecule has 0 radical (unpaired) electrons. The summed E-state index contributed by atoms with van der Waals surface area (Å²) in [6, 6.07) is 7.83. The molecule has 0 bridgehead atoms. The maximum absolute atomic E-state index is 5.48. The highest BCUT2D eigenvalue weighted by atomic mass is 32.1. The van der Waals surface area contributed by atoms with E-state index < -0.39 is 0 Å². The zero-order chi connectivity index (χ0) is 15.8. The SMILES string of the molecule is Cn1cc(-c2csc(-c3cccc(-c4nnc(N)o4)c3)n2)cn1. The quantitative estimate of drug-likeness (QED) is 0.622. The van der Waals surface area contributed by atoms with Gasteiger partial charge in [0.2, 0.25) is 5.89 Å². The number of anilines is 1. The normalized spacial score (nSPS) is 11.0. The van der Waals surface area contributed by atoms with Gasteiger partial charge in [-0.1, -0.05) is 17.2 Å². The minimum atomic E-state index is 0.0542. The summed E-state index contributed by atoms with van der Waals surface area (Å²) in [5, 5.41) is 14.7. The van der Waals surface area contributed by atoms with Crippen LogP contribution in [0.3, 0.4) is 0 Å². The first kappa shape index (κ1) is 13.6. The Kier molecular flexibility index (Phi) is 3.16. The van der Waals surface area contributed by atoms with Crippen molar-refractivity contribution in [1.29, 1.82) is 0 Å². The summed E-state index contributed by atoms with van der Waals surface area (Å²) < 4.78 is 7.02. The van der Waals surface area contributed by atoms with Crippen molar-refractivity contribution in [2.45, 2.75) is 0 Å². The van der Waals surface area contributed by atoms with E-state index in [4.69, 9.17) is 10.2 Å². The molecule has 3 heterocycles. The Balaban J connectivity index is 1.70. The molecule has 114 valence electrons. The second kappa shape index (κ2) is 5.33. The third-order valence-electron chi connectivity index (χ3n) is 3.30. The molecule has 8 heteroatoms. The van der Waals surface area contributed by atoms with Gasteiger partial charge in [-0.05, 0) is 12.1 Å². The first-order valence-corrected chi connectivity index (χ1v) is 7.71. The summed E-state index contributed by atoms with van der Waals surface area (Å²) in [6.45, 7) is 0. The van der Waals surface area contributed by atoms with Crippen LogP contribution in [0.4, 0.5) is 6.01 Å². The molecule has 0 unspecified atom stereocenters. The average Bonchev–Trinajstić information content (AvgIpc) is 3.27. The number of rotatable bonds is 3. The lowest BCUT2D eigenvalue weighted by Crippen LogP contribution is -1.84. The molecule has 3 aromatic heterocycles. The van der Waals surface area contributed by atoms with E-state index in [9.17, 15) is 0 Å². The zero-order valence-electron chi connectivity index (χ0n) is 12.2. The van der Waals surface area contributed by atoms with Crippen molar-refractivity contribution in [3.05, 3.63) is 42.0 Å². The van der Waals surface area contributed by atoms with E-state index in [0.717, 1.165) is 27.4 Å². The van der Waals surface area contributed by atoms with Gasteiger partial charge in [0.15, 0.2) is 0 Å². The summed E-state index contributed by atoms with van der Waals surface area (Å²) in [5.41, 5.74) is 9.18. The molecule has 0 aliphatic rings. The topological polar surface area (TPSA) is 95.7 Å². The van der Waals surface area contributed by atoms with Crippen LogP contribution in [0.5, 0.6) is 0 Å². The largest absolute Gasteiger partial charge is 0.404 e. The maximum Gasteiger partial charge on any atom is 0.313 e. The first-order valence-electron chi connectivity index (χ1n) is 6.83. The van der Waals surface area contributed by atoms with Gasteiger partial charge in [-0.2, -0.15) is 5.10 Å². The van der Waals surface area contributed by atoms with Gasteiger partial charge in [0.1, 0.15) is 5.01 Å². The van der Waals surface area contributed by atoms with Gasteiger partial charge in [0.25, 0.3) is 0 Å². The van der Waals surface area contributed by atoms with Gasteiger partial charge < -0.3 is 10.2 Å². The molecule has 7 nitrogen and oxygen atoms in total. The number of nitrogens with zero attached hydrogens (tertiary/aromatic N) is 5. The molecule has 0 aliphatic carbocycles. The molecule has 0 saturated heterocycles. The number of aromatic nitrogens is 5. The lowest BCUT2D eigenvalue weighted by molar-refractivity contribution is 0.590. The van der Waals surface area contributed by atoms with Crippen molar-refractivity contribution >= 4 is 17.4 Å². The van der Waals surface area contributed by atoms with Crippen molar-refractivity contribution in [2.24, 2.45) is 7.05 Å². The van der Waals surface area contributed by atoms with Crippen LogP contribution >= 0.6 is 11.3 Å². The molecule has 0 spiro atoms. The molecule has 4 rings (SSSR count). The molecule has 1 aromatic carbocycles. The van der Waals surface area contributed by atoms with E-state index in [0.29, 0.717) is 5.89 Å². The molecule has 0 aliphatic heterocycles. The number of nitrogens with two attached hydrogens (primary N) is 1. The van der Waals surface area contributed by atoms with E-state index in [1.54, 1.807) is 22.2 Å². The van der Waals surface area contributed by atoms with Gasteiger partial charge in [-0.25, -0.2) is 4.98 Å². The Morgan fingerprint density at radius 1 is 1.17 bits per heavy atom. The van der Waals surface area contributed by atoms with Crippen LogP contribution in [0, 0.1) is 0 Å². The fourth-order valence-electron chi connectivity index (χ4n) is 2.23. The highest BCUT2D eigenvalue weighted by molar-refractivity contribution is 7.13. The predicted octanol–water partition coefficient (Wildman–Crippen LogP) is 2.84. The summed E-state index contributed by atoms with van der Waals surface area (Å²) >= 11 is 1.58. The Bertz CT molecular complexity index is 970. The number of hydrogen-bond donors (Lipinski definition) is 1. The van der Waals surface area contributed by atoms with Crippen LogP contribution < -0.4 is 5.73 Å². The molecule has 2 N–H and O–H groups in total. The van der Waals surface area contributed by atoms with Crippen LogP contribution in [-0.4, -0.2) is 25.0 Å². The van der Waals surface area contributed by atoms with Crippen molar-refractivity contribution in [3.63, 3.8) is 0 Å². The average molecular weight is 324 g/mol. The minimum Gasteiger partial charge on any atom is -0.404 e. The van der Waals surface area contributed by atoms with Crippen molar-refractivity contribution in [2.75, 3.05) is 5.73 Å². The number of thiazole rings is 1. The van der Waals surface area contributed by atoms with E-state index >= 15 is 0 Å². The van der Waals surface area contributed by atoms with Crippen molar-refractivity contribution < 1.29 is 4.42 Å². The number of hydrogen-bond acceptors (Lipinski definition) is 7. The predicted molar refractivity (Wildman–Crippen MR) is 87.5 cm³/mol. The Morgan fingerprint density at radius 3 is 2.78 bits per heavy atom. The van der Waals surface area contributed by atoms with E-state index in [1.807, 2.05) is 42.9 Å². The summed E-state index contributed by atoms with van der Waals surface area (Å²) in [4.78, 5) is 4.68. The summed E-state index contributed by atoms with van der Waals surface area (Å²) in [5.74, 6) is 0.397. The molecule has 0 amide bonds. The second-order valence-corrected chi connectivity index (χ2v) is 5.82. The van der Waals surface area contributed by atoms with Crippen molar-refractivity contribution in [3.8, 4) is 33.3 Å². The molecule has 4 aromatic rings. The standard InChI is InChI=1S/C15H12N6OS/c1-21-7-11(6-17-21)12-8-23-14(18-12)10-4-2-3-9(5-10)13-19-20-15(16)22-13/h2-8H,1H3,(H2,16,20). The zero-order valence-corrected chi connectivity index (χ0v) is 13.0. The molecule has 0 saturated carbocycles. The smallest absolute Gasteiger partial charge is 0.313 e. The fraction of sp³-hybridized carbons (Fsp3) is 0.0667. The van der Waals surface area contributed by atoms with E-state index in [2.05, 4.69) is 20.3 Å². The Hall–Kier alpha value is -3.00. The highest BCUT2D eigenvalue weighted by Crippen LogP contribution is 2.31. The van der Waals surface area contributed by atoms with Gasteiger partial charge in [0.05, 0.1) is 11.9 Å². The highest BCUT2D eigenvalue weighted by Gasteiger charge is 2.11. The lowest BCUT2D eigenvalue weighted by Gasteiger charge is -1.99. The van der Waals surface area contributed by atoms with Gasteiger partial charge in [0, 0.05) is 35.3 Å². The molecular weight excluding hydrogens is 312 g/mol. The van der Waals surface area contributed by atoms with E-state index in [-0.39, 0.29) is 6.01 Å². The molecule has 0 atom stereocenters.